The van der Waals surface area contributed by atoms with Gasteiger partial charge in [-0.15, -0.1) is 0 Å². The molecule has 0 aliphatic rings. The Kier molecular flexibility index (Phi) is 6.08. The molecule has 0 radical (unpaired) electrons. The number of ether oxygens (including phenoxy) is 2. The van der Waals surface area contributed by atoms with Crippen molar-refractivity contribution >= 4 is 10.0 Å². The molecule has 0 unspecified atom stereocenters. The zero-order chi connectivity index (χ0) is 18.6. The van der Waals surface area contributed by atoms with Crippen molar-refractivity contribution < 1.29 is 17.9 Å². The highest BCUT2D eigenvalue weighted by Crippen LogP contribution is 2.28. The SMILES string of the molecule is CC[C@@H](NS(=O)(=O)c1ccc(OC)c(C)c1C)c1ccc(OC)cc1. The molecule has 0 amide bonds. The van der Waals surface area contributed by atoms with Crippen LogP contribution < -0.4 is 14.2 Å². The van der Waals surface area contributed by atoms with Gasteiger partial charge in [-0.3, -0.25) is 0 Å². The molecule has 136 valence electrons. The van der Waals surface area contributed by atoms with E-state index in [1.54, 1.807) is 33.3 Å². The molecule has 5 nitrogen and oxygen atoms in total. The summed E-state index contributed by atoms with van der Waals surface area (Å²) in [7, 11) is -0.475. The Balaban J connectivity index is 2.34. The van der Waals surface area contributed by atoms with Crippen molar-refractivity contribution in [1.82, 2.24) is 4.72 Å². The normalized spacial score (nSPS) is 12.7. The van der Waals surface area contributed by atoms with Crippen molar-refractivity contribution in [2.24, 2.45) is 0 Å². The van der Waals surface area contributed by atoms with Crippen molar-refractivity contribution in [2.45, 2.75) is 38.1 Å². The van der Waals surface area contributed by atoms with Gasteiger partial charge in [-0.25, -0.2) is 13.1 Å². The van der Waals surface area contributed by atoms with Gasteiger partial charge in [0, 0.05) is 6.04 Å². The zero-order valence-electron chi connectivity index (χ0n) is 15.3. The molecule has 25 heavy (non-hydrogen) atoms. The Morgan fingerprint density at radius 1 is 0.960 bits per heavy atom. The first-order valence-corrected chi connectivity index (χ1v) is 9.62. The molecule has 0 saturated carbocycles. The minimum atomic E-state index is -3.65. The van der Waals surface area contributed by atoms with Gasteiger partial charge in [-0.2, -0.15) is 0 Å². The van der Waals surface area contributed by atoms with E-state index in [0.29, 0.717) is 17.7 Å². The average molecular weight is 363 g/mol. The first-order valence-electron chi connectivity index (χ1n) is 8.14. The first kappa shape index (κ1) is 19.3. The van der Waals surface area contributed by atoms with Crippen LogP contribution in [-0.2, 0) is 10.0 Å². The summed E-state index contributed by atoms with van der Waals surface area (Å²) in [4.78, 5) is 0.276. The number of sulfonamides is 1. The molecule has 1 N–H and O–H groups in total. The van der Waals surface area contributed by atoms with Crippen LogP contribution in [0.1, 0.15) is 36.1 Å². The number of nitrogens with one attached hydrogen (secondary N) is 1. The largest absolute Gasteiger partial charge is 0.497 e. The predicted molar refractivity (Wildman–Crippen MR) is 98.8 cm³/mol. The van der Waals surface area contributed by atoms with Crippen LogP contribution in [0.15, 0.2) is 41.3 Å². The number of hydrogen-bond acceptors (Lipinski definition) is 4. The molecule has 6 heteroatoms. The van der Waals surface area contributed by atoms with Gasteiger partial charge in [0.25, 0.3) is 0 Å². The van der Waals surface area contributed by atoms with Crippen molar-refractivity contribution in [1.29, 1.82) is 0 Å². The lowest BCUT2D eigenvalue weighted by Gasteiger charge is -2.20. The summed E-state index contributed by atoms with van der Waals surface area (Å²) < 4.78 is 39.0. The van der Waals surface area contributed by atoms with Crippen LogP contribution in [0.25, 0.3) is 0 Å². The maximum absolute atomic E-state index is 12.9. The lowest BCUT2D eigenvalue weighted by Crippen LogP contribution is -2.29. The summed E-state index contributed by atoms with van der Waals surface area (Å²) in [5.74, 6) is 1.42. The minimum Gasteiger partial charge on any atom is -0.497 e. The second kappa shape index (κ2) is 7.89. The van der Waals surface area contributed by atoms with Crippen LogP contribution in [0.5, 0.6) is 11.5 Å². The van der Waals surface area contributed by atoms with E-state index in [2.05, 4.69) is 4.72 Å². The molecule has 2 rings (SSSR count). The third-order valence-electron chi connectivity index (χ3n) is 4.42. The molecule has 0 bridgehead atoms. The van der Waals surface area contributed by atoms with E-state index in [1.165, 1.54) is 0 Å². The molecule has 0 aliphatic carbocycles. The fourth-order valence-electron chi connectivity index (χ4n) is 2.76. The summed E-state index contributed by atoms with van der Waals surface area (Å²) in [5.41, 5.74) is 2.41. The number of hydrogen-bond donors (Lipinski definition) is 1. The molecule has 0 saturated heterocycles. The van der Waals surface area contributed by atoms with Crippen molar-refractivity contribution in [3.05, 3.63) is 53.1 Å². The molecule has 2 aromatic carbocycles. The van der Waals surface area contributed by atoms with Gasteiger partial charge in [-0.05, 0) is 61.2 Å². The fourth-order valence-corrected chi connectivity index (χ4v) is 4.36. The topological polar surface area (TPSA) is 64.6 Å². The summed E-state index contributed by atoms with van der Waals surface area (Å²) in [6.45, 7) is 5.60. The first-order chi connectivity index (χ1) is 11.8. The predicted octanol–water partition coefficient (Wildman–Crippen LogP) is 3.75. The summed E-state index contributed by atoms with van der Waals surface area (Å²) in [6, 6.07) is 10.4. The van der Waals surface area contributed by atoms with Crippen LogP contribution in [0.2, 0.25) is 0 Å². The lowest BCUT2D eigenvalue weighted by atomic mass is 10.1. The van der Waals surface area contributed by atoms with E-state index in [1.807, 2.05) is 38.1 Å². The van der Waals surface area contributed by atoms with Crippen molar-refractivity contribution in [3.63, 3.8) is 0 Å². The van der Waals surface area contributed by atoms with Crippen molar-refractivity contribution in [3.8, 4) is 11.5 Å². The lowest BCUT2D eigenvalue weighted by molar-refractivity contribution is 0.410. The molecule has 0 spiro atoms. The van der Waals surface area contributed by atoms with E-state index in [-0.39, 0.29) is 10.9 Å². The van der Waals surface area contributed by atoms with Crippen LogP contribution in [0, 0.1) is 13.8 Å². The molecule has 2 aromatic rings. The van der Waals surface area contributed by atoms with Gasteiger partial charge in [0.1, 0.15) is 11.5 Å². The Bertz CT molecular complexity index is 829. The second-order valence-electron chi connectivity index (χ2n) is 5.87. The number of benzene rings is 2. The molecule has 0 fully saturated rings. The van der Waals surface area contributed by atoms with Crippen molar-refractivity contribution in [2.75, 3.05) is 14.2 Å². The summed E-state index contributed by atoms with van der Waals surface area (Å²) in [5, 5.41) is 0. The average Bonchev–Trinajstić information content (AvgIpc) is 2.61. The second-order valence-corrected chi connectivity index (χ2v) is 7.55. The Labute approximate surface area is 150 Å². The Morgan fingerprint density at radius 2 is 1.60 bits per heavy atom. The smallest absolute Gasteiger partial charge is 0.241 e. The highest BCUT2D eigenvalue weighted by atomic mass is 32.2. The maximum Gasteiger partial charge on any atom is 0.241 e. The third-order valence-corrected chi connectivity index (χ3v) is 6.04. The molecule has 0 heterocycles. The molecule has 0 aromatic heterocycles. The summed E-state index contributed by atoms with van der Waals surface area (Å²) in [6.07, 6.45) is 0.639. The Morgan fingerprint density at radius 3 is 2.12 bits per heavy atom. The third kappa shape index (κ3) is 4.14. The van der Waals surface area contributed by atoms with Gasteiger partial charge in [0.15, 0.2) is 0 Å². The zero-order valence-corrected chi connectivity index (χ0v) is 16.1. The monoisotopic (exact) mass is 363 g/mol. The van der Waals surface area contributed by atoms with E-state index in [0.717, 1.165) is 16.9 Å². The molecular weight excluding hydrogens is 338 g/mol. The number of methoxy groups -OCH3 is 2. The van der Waals surface area contributed by atoms with E-state index < -0.39 is 10.0 Å². The minimum absolute atomic E-state index is 0.276. The van der Waals surface area contributed by atoms with Crippen LogP contribution in [0.4, 0.5) is 0 Å². The van der Waals surface area contributed by atoms with Gasteiger partial charge in [-0.1, -0.05) is 19.1 Å². The number of rotatable bonds is 7. The standard InChI is InChI=1S/C19H25NO4S/c1-6-17(15-7-9-16(23-4)10-8-15)20-25(21,22)19-12-11-18(24-5)13(2)14(19)3/h7-12,17,20H,6H2,1-5H3/t17-/m1/s1. The fraction of sp³-hybridized carbons (Fsp3) is 0.368. The highest BCUT2D eigenvalue weighted by Gasteiger charge is 2.23. The van der Waals surface area contributed by atoms with Crippen LogP contribution in [0.3, 0.4) is 0 Å². The van der Waals surface area contributed by atoms with Gasteiger partial charge in [0.05, 0.1) is 19.1 Å². The maximum atomic E-state index is 12.9. The van der Waals surface area contributed by atoms with Gasteiger partial charge in [0.2, 0.25) is 10.0 Å². The summed E-state index contributed by atoms with van der Waals surface area (Å²) >= 11 is 0. The van der Waals surface area contributed by atoms with Gasteiger partial charge >= 0.3 is 0 Å². The van der Waals surface area contributed by atoms with E-state index in [4.69, 9.17) is 9.47 Å². The van der Waals surface area contributed by atoms with Crippen LogP contribution >= 0.6 is 0 Å². The van der Waals surface area contributed by atoms with Gasteiger partial charge < -0.3 is 9.47 Å². The van der Waals surface area contributed by atoms with E-state index >= 15 is 0 Å². The van der Waals surface area contributed by atoms with E-state index in [9.17, 15) is 8.42 Å². The molecule has 1 atom stereocenters. The highest BCUT2D eigenvalue weighted by molar-refractivity contribution is 7.89. The molecule has 0 aliphatic heterocycles. The van der Waals surface area contributed by atoms with Crippen LogP contribution in [-0.4, -0.2) is 22.6 Å². The molecular formula is C19H25NO4S. The Hall–Kier alpha value is -2.05. The quantitative estimate of drug-likeness (QED) is 0.814.